The van der Waals surface area contributed by atoms with Gasteiger partial charge in [-0.3, -0.25) is 0 Å². The second kappa shape index (κ2) is 9.02. The van der Waals surface area contributed by atoms with Crippen LogP contribution in [0.2, 0.25) is 0 Å². The zero-order valence-corrected chi connectivity index (χ0v) is 14.7. The number of benzene rings is 1. The van der Waals surface area contributed by atoms with E-state index in [1.54, 1.807) is 12.4 Å². The van der Waals surface area contributed by atoms with Crippen molar-refractivity contribution in [3.05, 3.63) is 47.8 Å². The first kappa shape index (κ1) is 18.0. The average Bonchev–Trinajstić information content (AvgIpc) is 3.14. The summed E-state index contributed by atoms with van der Waals surface area (Å²) in [4.78, 5) is 8.57. The topological polar surface area (TPSA) is 25.8 Å². The van der Waals surface area contributed by atoms with E-state index in [0.29, 0.717) is 11.4 Å². The van der Waals surface area contributed by atoms with Gasteiger partial charge in [0, 0.05) is 18.0 Å². The van der Waals surface area contributed by atoms with E-state index in [0.717, 1.165) is 36.5 Å². The summed E-state index contributed by atoms with van der Waals surface area (Å²) < 4.78 is 26.3. The first-order valence-corrected chi connectivity index (χ1v) is 9.49. The molecule has 3 rings (SSSR count). The number of halogens is 2. The molecule has 0 N–H and O–H groups in total. The minimum Gasteiger partial charge on any atom is -0.236 e. The van der Waals surface area contributed by atoms with E-state index in [2.05, 4.69) is 9.97 Å². The minimum absolute atomic E-state index is 0.430. The van der Waals surface area contributed by atoms with Crippen molar-refractivity contribution in [1.29, 1.82) is 0 Å². The van der Waals surface area contributed by atoms with Crippen molar-refractivity contribution < 1.29 is 8.78 Å². The van der Waals surface area contributed by atoms with E-state index in [-0.39, 0.29) is 0 Å². The Hall–Kier alpha value is -1.84. The lowest BCUT2D eigenvalue weighted by Crippen LogP contribution is -1.95. The zero-order valence-electron chi connectivity index (χ0n) is 14.7. The largest absolute Gasteiger partial charge is 0.236 e. The molecule has 2 nitrogen and oxygen atoms in total. The van der Waals surface area contributed by atoms with E-state index in [4.69, 9.17) is 0 Å². The Morgan fingerprint density at radius 3 is 2.32 bits per heavy atom. The first-order chi connectivity index (χ1) is 12.2. The Bertz CT molecular complexity index is 664. The number of aryl methyl sites for hydroxylation is 1. The Morgan fingerprint density at radius 2 is 1.60 bits per heavy atom. The van der Waals surface area contributed by atoms with Crippen LogP contribution in [0.1, 0.15) is 63.4 Å². The highest BCUT2D eigenvalue weighted by Gasteiger charge is 2.13. The second-order valence-corrected chi connectivity index (χ2v) is 7.15. The number of aromatic nitrogens is 2. The number of hydrogen-bond donors (Lipinski definition) is 0. The van der Waals surface area contributed by atoms with Crippen molar-refractivity contribution in [3.63, 3.8) is 0 Å². The maximum absolute atomic E-state index is 13.3. The molecule has 0 unspecified atom stereocenters. The highest BCUT2D eigenvalue weighted by Crippen LogP contribution is 2.29. The normalized spacial score (nSPS) is 15.0. The standard InChI is InChI=1S/C21H26F2N2/c22-19-12-11-18(13-20(19)23)21-24-14-17(15-25-21)10-4-2-1-3-7-16-8-5-6-9-16/h11-16H,1-10H2. The first-order valence-electron chi connectivity index (χ1n) is 9.49. The molecule has 2 aromatic rings. The van der Waals surface area contributed by atoms with Gasteiger partial charge in [0.25, 0.3) is 0 Å². The van der Waals surface area contributed by atoms with Crippen molar-refractivity contribution in [2.75, 3.05) is 0 Å². The molecule has 0 bridgehead atoms. The Labute approximate surface area is 148 Å². The molecule has 0 saturated heterocycles. The van der Waals surface area contributed by atoms with E-state index in [9.17, 15) is 8.78 Å². The molecule has 1 aromatic carbocycles. The lowest BCUT2D eigenvalue weighted by molar-refractivity contribution is 0.464. The molecule has 4 heteroatoms. The molecule has 134 valence electrons. The van der Waals surface area contributed by atoms with Crippen LogP contribution in [0.3, 0.4) is 0 Å². The van der Waals surface area contributed by atoms with E-state index >= 15 is 0 Å². The van der Waals surface area contributed by atoms with Crippen LogP contribution in [-0.4, -0.2) is 9.97 Å². The van der Waals surface area contributed by atoms with Gasteiger partial charge in [-0.05, 0) is 42.5 Å². The van der Waals surface area contributed by atoms with Crippen LogP contribution in [0.15, 0.2) is 30.6 Å². The van der Waals surface area contributed by atoms with Gasteiger partial charge in [0.1, 0.15) is 0 Å². The molecule has 0 aliphatic heterocycles. The van der Waals surface area contributed by atoms with Crippen LogP contribution in [0, 0.1) is 17.6 Å². The number of nitrogens with zero attached hydrogens (tertiary/aromatic N) is 2. The van der Waals surface area contributed by atoms with Gasteiger partial charge in [-0.2, -0.15) is 0 Å². The Balaban J connectivity index is 1.39. The van der Waals surface area contributed by atoms with Crippen LogP contribution >= 0.6 is 0 Å². The number of rotatable bonds is 8. The summed E-state index contributed by atoms with van der Waals surface area (Å²) in [6.45, 7) is 0. The number of unbranched alkanes of at least 4 members (excludes halogenated alkanes) is 3. The summed E-state index contributed by atoms with van der Waals surface area (Å²) in [7, 11) is 0. The fraction of sp³-hybridized carbons (Fsp3) is 0.524. The van der Waals surface area contributed by atoms with Crippen molar-refractivity contribution in [2.24, 2.45) is 5.92 Å². The minimum atomic E-state index is -0.872. The third-order valence-corrected chi connectivity index (χ3v) is 5.19. The quantitative estimate of drug-likeness (QED) is 0.540. The van der Waals surface area contributed by atoms with Crippen molar-refractivity contribution >= 4 is 0 Å². The molecule has 1 aromatic heterocycles. The van der Waals surface area contributed by atoms with Crippen LogP contribution in [0.4, 0.5) is 8.78 Å². The smallest absolute Gasteiger partial charge is 0.159 e. The van der Waals surface area contributed by atoms with E-state index in [1.165, 1.54) is 57.4 Å². The van der Waals surface area contributed by atoms with E-state index < -0.39 is 11.6 Å². The van der Waals surface area contributed by atoms with Gasteiger partial charge in [-0.1, -0.05) is 51.4 Å². The van der Waals surface area contributed by atoms with Gasteiger partial charge in [-0.15, -0.1) is 0 Å². The fourth-order valence-corrected chi connectivity index (χ4v) is 3.68. The van der Waals surface area contributed by atoms with Crippen LogP contribution < -0.4 is 0 Å². The molecule has 0 atom stereocenters. The molecule has 0 radical (unpaired) electrons. The van der Waals surface area contributed by atoms with Crippen molar-refractivity contribution in [1.82, 2.24) is 9.97 Å². The molecular weight excluding hydrogens is 318 g/mol. The Morgan fingerprint density at radius 1 is 0.880 bits per heavy atom. The average molecular weight is 344 g/mol. The molecule has 1 saturated carbocycles. The van der Waals surface area contributed by atoms with Crippen LogP contribution in [-0.2, 0) is 6.42 Å². The SMILES string of the molecule is Fc1ccc(-c2ncc(CCCCCCC3CCCC3)cn2)cc1F. The maximum Gasteiger partial charge on any atom is 0.159 e. The van der Waals surface area contributed by atoms with Gasteiger partial charge in [0.05, 0.1) is 0 Å². The molecule has 1 fully saturated rings. The molecule has 25 heavy (non-hydrogen) atoms. The van der Waals surface area contributed by atoms with Gasteiger partial charge in [-0.25, -0.2) is 18.7 Å². The van der Waals surface area contributed by atoms with Gasteiger partial charge in [0.2, 0.25) is 0 Å². The Kier molecular flexibility index (Phi) is 6.48. The maximum atomic E-state index is 13.3. The molecule has 1 aliphatic rings. The van der Waals surface area contributed by atoms with Crippen molar-refractivity contribution in [3.8, 4) is 11.4 Å². The third kappa shape index (κ3) is 5.32. The summed E-state index contributed by atoms with van der Waals surface area (Å²) in [5.41, 5.74) is 1.60. The van der Waals surface area contributed by atoms with Crippen molar-refractivity contribution in [2.45, 2.75) is 64.2 Å². The second-order valence-electron chi connectivity index (χ2n) is 7.15. The lowest BCUT2D eigenvalue weighted by atomic mass is 9.99. The monoisotopic (exact) mass is 344 g/mol. The summed E-state index contributed by atoms with van der Waals surface area (Å²) in [5.74, 6) is -0.299. The fourth-order valence-electron chi connectivity index (χ4n) is 3.68. The van der Waals surface area contributed by atoms with Crippen LogP contribution in [0.5, 0.6) is 0 Å². The van der Waals surface area contributed by atoms with Gasteiger partial charge < -0.3 is 0 Å². The molecule has 1 heterocycles. The van der Waals surface area contributed by atoms with Crippen LogP contribution in [0.25, 0.3) is 11.4 Å². The predicted molar refractivity (Wildman–Crippen MR) is 96.1 cm³/mol. The predicted octanol–water partition coefficient (Wildman–Crippen LogP) is 6.11. The lowest BCUT2D eigenvalue weighted by Gasteiger charge is -2.08. The molecule has 0 amide bonds. The van der Waals surface area contributed by atoms with Gasteiger partial charge >= 0.3 is 0 Å². The number of hydrogen-bond acceptors (Lipinski definition) is 2. The molecule has 0 spiro atoms. The summed E-state index contributed by atoms with van der Waals surface area (Å²) in [5, 5.41) is 0. The zero-order chi connectivity index (χ0) is 17.5. The molecule has 1 aliphatic carbocycles. The third-order valence-electron chi connectivity index (χ3n) is 5.19. The van der Waals surface area contributed by atoms with Gasteiger partial charge in [0.15, 0.2) is 17.5 Å². The molecular formula is C21H26F2N2. The summed E-state index contributed by atoms with van der Waals surface area (Å²) in [6.07, 6.45) is 16.8. The summed E-state index contributed by atoms with van der Waals surface area (Å²) in [6, 6.07) is 3.74. The summed E-state index contributed by atoms with van der Waals surface area (Å²) >= 11 is 0. The highest BCUT2D eigenvalue weighted by molar-refractivity contribution is 5.54. The highest BCUT2D eigenvalue weighted by atomic mass is 19.2. The van der Waals surface area contributed by atoms with E-state index in [1.807, 2.05) is 0 Å².